The first-order valence-electron chi connectivity index (χ1n) is 7.16. The Labute approximate surface area is 112 Å². The van der Waals surface area contributed by atoms with Crippen LogP contribution in [0.5, 0.6) is 0 Å². The van der Waals surface area contributed by atoms with Gasteiger partial charge >= 0.3 is 0 Å². The van der Waals surface area contributed by atoms with Crippen LogP contribution in [0.25, 0.3) is 0 Å². The molecule has 0 saturated carbocycles. The van der Waals surface area contributed by atoms with Crippen molar-refractivity contribution in [3.63, 3.8) is 0 Å². The van der Waals surface area contributed by atoms with Crippen molar-refractivity contribution < 1.29 is 0 Å². The average molecular weight is 258 g/mol. The van der Waals surface area contributed by atoms with E-state index in [1.807, 2.05) is 11.8 Å². The summed E-state index contributed by atoms with van der Waals surface area (Å²) in [4.78, 5) is 2.47. The Morgan fingerprint density at radius 1 is 1.24 bits per heavy atom. The molecule has 1 N–H and O–H groups in total. The highest BCUT2D eigenvalue weighted by atomic mass is 32.2. The van der Waals surface area contributed by atoms with E-state index in [9.17, 15) is 0 Å². The van der Waals surface area contributed by atoms with Crippen LogP contribution in [-0.2, 0) is 0 Å². The third kappa shape index (κ3) is 6.68. The number of likely N-dealkylation sites (tertiary alicyclic amines) is 1. The third-order valence-electron chi connectivity index (χ3n) is 3.92. The van der Waals surface area contributed by atoms with E-state index in [4.69, 9.17) is 0 Å². The van der Waals surface area contributed by atoms with E-state index in [1.54, 1.807) is 0 Å². The average Bonchev–Trinajstić information content (AvgIpc) is 2.32. The zero-order chi connectivity index (χ0) is 12.5. The van der Waals surface area contributed by atoms with Crippen LogP contribution in [0, 0.1) is 0 Å². The molecule has 0 aliphatic carbocycles. The maximum Gasteiger partial charge on any atom is 0.00940 e. The Morgan fingerprint density at radius 3 is 2.71 bits per heavy atom. The topological polar surface area (TPSA) is 15.3 Å². The van der Waals surface area contributed by atoms with Crippen LogP contribution >= 0.6 is 11.8 Å². The van der Waals surface area contributed by atoms with Crippen molar-refractivity contribution in [3.8, 4) is 0 Å². The van der Waals surface area contributed by atoms with Gasteiger partial charge in [-0.1, -0.05) is 12.8 Å². The molecule has 2 nitrogen and oxygen atoms in total. The van der Waals surface area contributed by atoms with E-state index < -0.39 is 0 Å². The summed E-state index contributed by atoms with van der Waals surface area (Å²) in [5.41, 5.74) is 0. The molecule has 1 aliphatic heterocycles. The predicted octanol–water partition coefficient (Wildman–Crippen LogP) is 2.98. The summed E-state index contributed by atoms with van der Waals surface area (Å²) in [5, 5.41) is 3.73. The molecule has 0 spiro atoms. The van der Waals surface area contributed by atoms with E-state index >= 15 is 0 Å². The Hall–Kier alpha value is 0.270. The molecule has 17 heavy (non-hydrogen) atoms. The lowest BCUT2D eigenvalue weighted by Crippen LogP contribution is -2.45. The molecule has 3 heteroatoms. The standard InChI is InChI=1S/C14H30N2S/c1-13-12-14(8-10-16(13)2)15-9-6-4-5-7-11-17-3/h13-15H,4-12H2,1-3H3. The third-order valence-corrected chi connectivity index (χ3v) is 4.61. The number of piperidine rings is 1. The van der Waals surface area contributed by atoms with Gasteiger partial charge in [0.1, 0.15) is 0 Å². The predicted molar refractivity (Wildman–Crippen MR) is 80.0 cm³/mol. The lowest BCUT2D eigenvalue weighted by atomic mass is 9.99. The summed E-state index contributed by atoms with van der Waals surface area (Å²) in [6.45, 7) is 4.82. The van der Waals surface area contributed by atoms with Crippen molar-refractivity contribution in [2.24, 2.45) is 0 Å². The van der Waals surface area contributed by atoms with Crippen LogP contribution in [0.3, 0.4) is 0 Å². The van der Waals surface area contributed by atoms with Crippen LogP contribution in [0.15, 0.2) is 0 Å². The molecule has 0 radical (unpaired) electrons. The van der Waals surface area contributed by atoms with E-state index in [0.29, 0.717) is 0 Å². The van der Waals surface area contributed by atoms with E-state index in [2.05, 4.69) is 30.4 Å². The highest BCUT2D eigenvalue weighted by molar-refractivity contribution is 7.98. The van der Waals surface area contributed by atoms with Crippen LogP contribution in [-0.4, -0.2) is 49.1 Å². The second-order valence-electron chi connectivity index (χ2n) is 5.41. The van der Waals surface area contributed by atoms with Gasteiger partial charge in [-0.2, -0.15) is 11.8 Å². The molecule has 102 valence electrons. The van der Waals surface area contributed by atoms with Crippen LogP contribution < -0.4 is 5.32 Å². The summed E-state index contributed by atoms with van der Waals surface area (Å²) < 4.78 is 0. The van der Waals surface area contributed by atoms with Gasteiger partial charge in [-0.05, 0) is 64.8 Å². The number of rotatable bonds is 8. The van der Waals surface area contributed by atoms with Gasteiger partial charge in [0.2, 0.25) is 0 Å². The van der Waals surface area contributed by atoms with Crippen molar-refractivity contribution >= 4 is 11.8 Å². The SMILES string of the molecule is CSCCCCCCNC1CCN(C)C(C)C1. The second kappa shape index (κ2) is 9.23. The molecule has 1 heterocycles. The van der Waals surface area contributed by atoms with Crippen molar-refractivity contribution in [1.82, 2.24) is 10.2 Å². The Kier molecular flexibility index (Phi) is 8.33. The van der Waals surface area contributed by atoms with Gasteiger partial charge in [0.15, 0.2) is 0 Å². The van der Waals surface area contributed by atoms with Gasteiger partial charge in [0.25, 0.3) is 0 Å². The monoisotopic (exact) mass is 258 g/mol. The van der Waals surface area contributed by atoms with Gasteiger partial charge in [0.05, 0.1) is 0 Å². The molecule has 1 rings (SSSR count). The van der Waals surface area contributed by atoms with Gasteiger partial charge in [-0.15, -0.1) is 0 Å². The summed E-state index contributed by atoms with van der Waals surface area (Å²) in [6.07, 6.45) is 10.4. The molecular weight excluding hydrogens is 228 g/mol. The fourth-order valence-electron chi connectivity index (χ4n) is 2.51. The first kappa shape index (κ1) is 15.3. The van der Waals surface area contributed by atoms with Crippen LogP contribution in [0.2, 0.25) is 0 Å². The van der Waals surface area contributed by atoms with E-state index in [1.165, 1.54) is 57.4 Å². The summed E-state index contributed by atoms with van der Waals surface area (Å²) in [5.74, 6) is 1.33. The maximum absolute atomic E-state index is 3.73. The van der Waals surface area contributed by atoms with Crippen molar-refractivity contribution in [1.29, 1.82) is 0 Å². The minimum absolute atomic E-state index is 0.753. The number of unbranched alkanes of at least 4 members (excludes halogenated alkanes) is 3. The van der Waals surface area contributed by atoms with Gasteiger partial charge < -0.3 is 10.2 Å². The zero-order valence-electron chi connectivity index (χ0n) is 11.9. The Bertz CT molecular complexity index is 187. The van der Waals surface area contributed by atoms with Gasteiger partial charge in [-0.25, -0.2) is 0 Å². The summed E-state index contributed by atoms with van der Waals surface area (Å²) in [7, 11) is 2.24. The maximum atomic E-state index is 3.73. The smallest absolute Gasteiger partial charge is 0.00940 e. The summed E-state index contributed by atoms with van der Waals surface area (Å²) >= 11 is 1.97. The molecule has 2 unspecified atom stereocenters. The first-order valence-corrected chi connectivity index (χ1v) is 8.56. The fourth-order valence-corrected chi connectivity index (χ4v) is 3.00. The first-order chi connectivity index (χ1) is 8.24. The quantitative estimate of drug-likeness (QED) is 0.674. The minimum Gasteiger partial charge on any atom is -0.314 e. The molecule has 0 bridgehead atoms. The molecule has 1 aliphatic rings. The molecule has 0 aromatic carbocycles. The minimum atomic E-state index is 0.753. The molecule has 0 aromatic heterocycles. The molecule has 1 saturated heterocycles. The fraction of sp³-hybridized carbons (Fsp3) is 1.00. The lowest BCUT2D eigenvalue weighted by Gasteiger charge is -2.35. The van der Waals surface area contributed by atoms with E-state index in [-0.39, 0.29) is 0 Å². The van der Waals surface area contributed by atoms with Crippen molar-refractivity contribution in [2.45, 2.75) is 57.5 Å². The van der Waals surface area contributed by atoms with Crippen molar-refractivity contribution in [3.05, 3.63) is 0 Å². The number of hydrogen-bond donors (Lipinski definition) is 1. The van der Waals surface area contributed by atoms with Crippen molar-refractivity contribution in [2.75, 3.05) is 32.1 Å². The molecule has 1 fully saturated rings. The highest BCUT2D eigenvalue weighted by Gasteiger charge is 2.21. The second-order valence-corrected chi connectivity index (χ2v) is 6.40. The Morgan fingerprint density at radius 2 is 2.00 bits per heavy atom. The molecule has 0 amide bonds. The zero-order valence-corrected chi connectivity index (χ0v) is 12.7. The molecular formula is C14H30N2S. The van der Waals surface area contributed by atoms with E-state index in [0.717, 1.165) is 12.1 Å². The largest absolute Gasteiger partial charge is 0.314 e. The number of hydrogen-bond acceptors (Lipinski definition) is 3. The lowest BCUT2D eigenvalue weighted by molar-refractivity contribution is 0.168. The molecule has 2 atom stereocenters. The number of nitrogens with zero attached hydrogens (tertiary/aromatic N) is 1. The molecule has 0 aromatic rings. The summed E-state index contributed by atoms with van der Waals surface area (Å²) in [6, 6.07) is 1.52. The number of thioether (sulfide) groups is 1. The van der Waals surface area contributed by atoms with Crippen LogP contribution in [0.1, 0.15) is 45.4 Å². The normalized spacial score (nSPS) is 26.3. The van der Waals surface area contributed by atoms with Gasteiger partial charge in [0, 0.05) is 12.1 Å². The Balaban J connectivity index is 1.92. The highest BCUT2D eigenvalue weighted by Crippen LogP contribution is 2.15. The number of nitrogens with one attached hydrogen (secondary N) is 1. The van der Waals surface area contributed by atoms with Crippen LogP contribution in [0.4, 0.5) is 0 Å². The van der Waals surface area contributed by atoms with Gasteiger partial charge in [-0.3, -0.25) is 0 Å².